The van der Waals surface area contributed by atoms with E-state index in [-0.39, 0.29) is 5.41 Å². The highest BCUT2D eigenvalue weighted by Gasteiger charge is 2.52. The third-order valence-corrected chi connectivity index (χ3v) is 7.13. The molecule has 28 heavy (non-hydrogen) atoms. The minimum absolute atomic E-state index is 0.238. The van der Waals surface area contributed by atoms with Crippen LogP contribution in [0.4, 0.5) is 0 Å². The monoisotopic (exact) mass is 422 g/mol. The molecule has 0 radical (unpaired) electrons. The summed E-state index contributed by atoms with van der Waals surface area (Å²) in [6.07, 6.45) is 0. The first kappa shape index (κ1) is 16.3. The minimum atomic E-state index is -0.238. The second-order valence-electron chi connectivity index (χ2n) is 8.06. The molecular weight excluding hydrogens is 404 g/mol. The maximum atomic E-state index is 3.86. The molecule has 0 N–H and O–H groups in total. The molecule has 0 atom stereocenters. The molecule has 0 aliphatic heterocycles. The first-order valence-corrected chi connectivity index (χ1v) is 10.5. The molecule has 0 amide bonds. The highest BCUT2D eigenvalue weighted by Crippen LogP contribution is 2.63. The van der Waals surface area contributed by atoms with Crippen molar-refractivity contribution in [3.63, 3.8) is 0 Å². The summed E-state index contributed by atoms with van der Waals surface area (Å²) in [7, 11) is 0. The van der Waals surface area contributed by atoms with E-state index in [1.54, 1.807) is 0 Å². The Kier molecular flexibility index (Phi) is 3.18. The van der Waals surface area contributed by atoms with Crippen LogP contribution < -0.4 is 0 Å². The number of fused-ring (bicyclic) bond motifs is 10. The van der Waals surface area contributed by atoms with Crippen molar-refractivity contribution in [1.82, 2.24) is 0 Å². The molecule has 4 aromatic carbocycles. The van der Waals surface area contributed by atoms with E-state index in [0.717, 1.165) is 0 Å². The molecule has 1 spiro atoms. The predicted octanol–water partition coefficient (Wildman–Crippen LogP) is 7.41. The van der Waals surface area contributed by atoms with Crippen LogP contribution in [0.1, 0.15) is 33.4 Å². The van der Waals surface area contributed by atoms with Crippen LogP contribution in [0.2, 0.25) is 0 Å². The lowest BCUT2D eigenvalue weighted by molar-refractivity contribution is 0.791. The summed E-state index contributed by atoms with van der Waals surface area (Å²) in [5.41, 5.74) is 13.4. The fourth-order valence-corrected chi connectivity index (χ4v) is 6.00. The van der Waals surface area contributed by atoms with Crippen molar-refractivity contribution in [2.24, 2.45) is 0 Å². The SMILES string of the molecule is Cc1ccc2c(c1)C1(c3cc(C)ccc3-2)c2ccccc2-c2c(Br)cccc21. The molecule has 6 rings (SSSR count). The predicted molar refractivity (Wildman–Crippen MR) is 120 cm³/mol. The molecule has 134 valence electrons. The molecule has 0 nitrogen and oxygen atoms in total. The normalized spacial score (nSPS) is 14.5. The van der Waals surface area contributed by atoms with Gasteiger partial charge in [0.1, 0.15) is 0 Å². The maximum absolute atomic E-state index is 3.86. The summed E-state index contributed by atoms with van der Waals surface area (Å²) in [6, 6.07) is 29.5. The van der Waals surface area contributed by atoms with Crippen LogP contribution in [0.15, 0.2) is 83.3 Å². The molecule has 0 unspecified atom stereocenters. The molecule has 0 aromatic heterocycles. The van der Waals surface area contributed by atoms with E-state index in [9.17, 15) is 0 Å². The largest absolute Gasteiger partial charge is 0.0726 e. The fraction of sp³-hybridized carbons (Fsp3) is 0.111. The van der Waals surface area contributed by atoms with Crippen LogP contribution in [0.3, 0.4) is 0 Å². The van der Waals surface area contributed by atoms with Crippen molar-refractivity contribution in [3.05, 3.63) is 117 Å². The number of hydrogen-bond acceptors (Lipinski definition) is 0. The quantitative estimate of drug-likeness (QED) is 0.239. The van der Waals surface area contributed by atoms with Gasteiger partial charge in [0.25, 0.3) is 0 Å². The van der Waals surface area contributed by atoms with Crippen LogP contribution in [0.5, 0.6) is 0 Å². The van der Waals surface area contributed by atoms with Gasteiger partial charge in [-0.1, -0.05) is 99.9 Å². The lowest BCUT2D eigenvalue weighted by atomic mass is 9.70. The van der Waals surface area contributed by atoms with E-state index in [0.29, 0.717) is 0 Å². The molecule has 4 aromatic rings. The average Bonchev–Trinajstić information content (AvgIpc) is 3.15. The molecule has 1 heteroatoms. The lowest BCUT2D eigenvalue weighted by Crippen LogP contribution is -2.26. The zero-order chi connectivity index (χ0) is 19.0. The third kappa shape index (κ3) is 1.81. The third-order valence-electron chi connectivity index (χ3n) is 6.47. The minimum Gasteiger partial charge on any atom is -0.0619 e. The Morgan fingerprint density at radius 2 is 1.18 bits per heavy atom. The van der Waals surface area contributed by atoms with Gasteiger partial charge in [0, 0.05) is 10.0 Å². The van der Waals surface area contributed by atoms with Crippen LogP contribution in [-0.2, 0) is 5.41 Å². The van der Waals surface area contributed by atoms with Crippen LogP contribution >= 0.6 is 15.9 Å². The smallest absolute Gasteiger partial charge is 0.0619 e. The van der Waals surface area contributed by atoms with Crippen molar-refractivity contribution in [3.8, 4) is 22.3 Å². The number of aryl methyl sites for hydroxylation is 2. The first-order chi connectivity index (χ1) is 13.6. The fourth-order valence-electron chi connectivity index (χ4n) is 5.42. The van der Waals surface area contributed by atoms with Gasteiger partial charge in [-0.3, -0.25) is 0 Å². The molecule has 2 aliphatic carbocycles. The summed E-state index contributed by atoms with van der Waals surface area (Å²) in [6.45, 7) is 4.40. The topological polar surface area (TPSA) is 0 Å². The van der Waals surface area contributed by atoms with Crippen molar-refractivity contribution in [2.75, 3.05) is 0 Å². The van der Waals surface area contributed by atoms with Gasteiger partial charge in [-0.2, -0.15) is 0 Å². The van der Waals surface area contributed by atoms with E-state index >= 15 is 0 Å². The van der Waals surface area contributed by atoms with Gasteiger partial charge in [0.15, 0.2) is 0 Å². The van der Waals surface area contributed by atoms with E-state index in [1.165, 1.54) is 60.1 Å². The highest BCUT2D eigenvalue weighted by molar-refractivity contribution is 9.10. The zero-order valence-corrected chi connectivity index (χ0v) is 17.5. The summed E-state index contributed by atoms with van der Waals surface area (Å²) < 4.78 is 1.17. The molecule has 2 aliphatic rings. The molecule has 0 heterocycles. The van der Waals surface area contributed by atoms with Gasteiger partial charge < -0.3 is 0 Å². The Hall–Kier alpha value is -2.64. The van der Waals surface area contributed by atoms with E-state index in [4.69, 9.17) is 0 Å². The number of halogens is 1. The zero-order valence-electron chi connectivity index (χ0n) is 15.9. The first-order valence-electron chi connectivity index (χ1n) is 9.74. The van der Waals surface area contributed by atoms with Gasteiger partial charge in [0.2, 0.25) is 0 Å². The van der Waals surface area contributed by atoms with Crippen LogP contribution in [0, 0.1) is 13.8 Å². The molecule has 0 saturated carbocycles. The Morgan fingerprint density at radius 3 is 1.86 bits per heavy atom. The number of hydrogen-bond donors (Lipinski definition) is 0. The van der Waals surface area contributed by atoms with E-state index in [2.05, 4.69) is 109 Å². The summed E-state index contributed by atoms with van der Waals surface area (Å²) in [4.78, 5) is 0. The van der Waals surface area contributed by atoms with Gasteiger partial charge >= 0.3 is 0 Å². The molecule has 0 bridgehead atoms. The van der Waals surface area contributed by atoms with Crippen molar-refractivity contribution >= 4 is 15.9 Å². The van der Waals surface area contributed by atoms with Crippen molar-refractivity contribution < 1.29 is 0 Å². The summed E-state index contributed by atoms with van der Waals surface area (Å²) in [5, 5.41) is 0. The van der Waals surface area contributed by atoms with Crippen LogP contribution in [0.25, 0.3) is 22.3 Å². The Balaban J connectivity index is 1.89. The maximum Gasteiger partial charge on any atom is 0.0726 e. The molecule has 0 saturated heterocycles. The van der Waals surface area contributed by atoms with Crippen molar-refractivity contribution in [2.45, 2.75) is 19.3 Å². The van der Waals surface area contributed by atoms with Crippen molar-refractivity contribution in [1.29, 1.82) is 0 Å². The average molecular weight is 423 g/mol. The lowest BCUT2D eigenvalue weighted by Gasteiger charge is -2.31. The second-order valence-corrected chi connectivity index (χ2v) is 8.91. The Morgan fingerprint density at radius 1 is 0.571 bits per heavy atom. The van der Waals surface area contributed by atoms with Gasteiger partial charge in [-0.25, -0.2) is 0 Å². The molecular formula is C27H19Br. The van der Waals surface area contributed by atoms with E-state index < -0.39 is 0 Å². The number of rotatable bonds is 0. The van der Waals surface area contributed by atoms with Crippen LogP contribution in [-0.4, -0.2) is 0 Å². The Bertz CT molecular complexity index is 1240. The second kappa shape index (κ2) is 5.46. The standard InChI is InChI=1S/C27H19Br/c1-16-10-12-18-19-13-11-17(2)15-24(19)27(23(18)14-16)21-7-4-3-6-20(21)26-22(27)8-5-9-25(26)28/h3-15H,1-2H3. The van der Waals surface area contributed by atoms with Gasteiger partial charge in [-0.05, 0) is 58.9 Å². The summed E-state index contributed by atoms with van der Waals surface area (Å²) in [5.74, 6) is 0. The summed E-state index contributed by atoms with van der Waals surface area (Å²) >= 11 is 3.86. The number of benzene rings is 4. The van der Waals surface area contributed by atoms with Gasteiger partial charge in [-0.15, -0.1) is 0 Å². The van der Waals surface area contributed by atoms with Gasteiger partial charge in [0.05, 0.1) is 5.41 Å². The highest BCUT2D eigenvalue weighted by atomic mass is 79.9. The Labute approximate surface area is 174 Å². The van der Waals surface area contributed by atoms with E-state index in [1.807, 2.05) is 0 Å². The molecule has 0 fully saturated rings.